The zero-order valence-electron chi connectivity index (χ0n) is 20.7. The number of rotatable bonds is 11. The van der Waals surface area contributed by atoms with Crippen molar-refractivity contribution in [3.8, 4) is 17.2 Å². The molecular weight excluding hydrogens is 432 g/mol. The van der Waals surface area contributed by atoms with Crippen LogP contribution in [0.1, 0.15) is 62.0 Å². The van der Waals surface area contributed by atoms with Crippen molar-refractivity contribution < 1.29 is 29.9 Å². The van der Waals surface area contributed by atoms with Gasteiger partial charge in [-0.05, 0) is 74.6 Å². The summed E-state index contributed by atoms with van der Waals surface area (Å²) in [5, 5.41) is 29.1. The van der Waals surface area contributed by atoms with Crippen LogP contribution in [0.5, 0.6) is 17.2 Å². The third-order valence-electron chi connectivity index (χ3n) is 5.18. The average molecular weight is 469 g/mol. The maximum atomic E-state index is 12.7. The van der Waals surface area contributed by atoms with Gasteiger partial charge in [0, 0.05) is 5.56 Å². The van der Waals surface area contributed by atoms with Gasteiger partial charge < -0.3 is 14.9 Å². The summed E-state index contributed by atoms with van der Waals surface area (Å²) in [6.45, 7) is 11.5. The minimum atomic E-state index is -0.428. The van der Waals surface area contributed by atoms with Gasteiger partial charge in [0.15, 0.2) is 5.78 Å². The van der Waals surface area contributed by atoms with Crippen molar-refractivity contribution in [2.75, 3.05) is 7.11 Å². The van der Waals surface area contributed by atoms with Gasteiger partial charge in [0.1, 0.15) is 23.4 Å². The molecular formula is C28H36O6. The fraction of sp³-hybridized carbons (Fsp3) is 0.321. The molecule has 0 fully saturated rings. The molecule has 0 spiro atoms. The molecule has 0 amide bonds. The molecule has 0 aliphatic carbocycles. The number of carbonyl (C=O) groups excluding carboxylic acids is 1. The molecule has 6 heteroatoms. The van der Waals surface area contributed by atoms with Crippen LogP contribution in [0.3, 0.4) is 0 Å². The van der Waals surface area contributed by atoms with E-state index in [0.29, 0.717) is 30.6 Å². The molecule has 1 atom stereocenters. The van der Waals surface area contributed by atoms with E-state index in [2.05, 4.69) is 11.5 Å². The fourth-order valence-electron chi connectivity index (χ4n) is 3.18. The lowest BCUT2D eigenvalue weighted by Gasteiger charge is -2.14. The maximum absolute atomic E-state index is 12.7. The van der Waals surface area contributed by atoms with Gasteiger partial charge in [0.05, 0.1) is 12.7 Å². The normalized spacial score (nSPS) is 12.1. The van der Waals surface area contributed by atoms with Gasteiger partial charge in [-0.3, -0.25) is 10.1 Å². The number of ketones is 1. The van der Waals surface area contributed by atoms with Crippen LogP contribution in [0.25, 0.3) is 6.08 Å². The Balaban J connectivity index is 0.00000281. The first kappa shape index (κ1) is 28.7. The minimum absolute atomic E-state index is 0.118. The lowest BCUT2D eigenvalue weighted by Crippen LogP contribution is -2.11. The molecule has 6 nitrogen and oxygen atoms in total. The first-order valence-corrected chi connectivity index (χ1v) is 11.3. The second-order valence-electron chi connectivity index (χ2n) is 7.67. The number of allylic oxidation sites excluding steroid dienone is 3. The topological polar surface area (TPSA) is 96.2 Å². The van der Waals surface area contributed by atoms with Crippen molar-refractivity contribution in [1.29, 1.82) is 0 Å². The molecule has 2 rings (SSSR count). The van der Waals surface area contributed by atoms with Gasteiger partial charge in [-0.15, -0.1) is 0 Å². The highest BCUT2D eigenvalue weighted by atomic mass is 17.1. The molecule has 0 saturated heterocycles. The standard InChI is InChI=1S/C26H30O6.C2H6/c1-17(2)24(32-30)15-6-18(3)5-12-22-25(31-4)16-13-21(26(22)29)23(28)14-9-19-7-10-20(27)11-8-19;1-2/h5,7-11,13-14,16,24,27,29-30H,1,6,12,15H2,2-4H3;1-2H3/b14-9+,18-5+;. The number of aromatic hydroxyl groups is 2. The summed E-state index contributed by atoms with van der Waals surface area (Å²) in [5.74, 6) is 0.175. The number of methoxy groups -OCH3 is 1. The number of carbonyl (C=O) groups is 1. The Hall–Kier alpha value is -3.35. The average Bonchev–Trinajstić information content (AvgIpc) is 2.83. The molecule has 0 aliphatic heterocycles. The lowest BCUT2D eigenvalue weighted by molar-refractivity contribution is -0.269. The predicted molar refractivity (Wildman–Crippen MR) is 136 cm³/mol. The van der Waals surface area contributed by atoms with Gasteiger partial charge in [-0.2, -0.15) is 0 Å². The monoisotopic (exact) mass is 468 g/mol. The highest BCUT2D eigenvalue weighted by Gasteiger charge is 2.17. The number of hydrogen-bond donors (Lipinski definition) is 3. The summed E-state index contributed by atoms with van der Waals surface area (Å²) in [5.41, 5.74) is 3.23. The molecule has 1 unspecified atom stereocenters. The van der Waals surface area contributed by atoms with E-state index in [1.54, 1.807) is 31.2 Å². The molecule has 0 radical (unpaired) electrons. The second-order valence-corrected chi connectivity index (χ2v) is 7.67. The first-order chi connectivity index (χ1) is 16.3. The summed E-state index contributed by atoms with van der Waals surface area (Å²) in [4.78, 5) is 17.1. The zero-order chi connectivity index (χ0) is 25.7. The van der Waals surface area contributed by atoms with Crippen molar-refractivity contribution in [2.45, 2.75) is 53.1 Å². The Bertz CT molecular complexity index is 1000. The number of benzene rings is 2. The Labute approximate surface area is 202 Å². The fourth-order valence-corrected chi connectivity index (χ4v) is 3.18. The van der Waals surface area contributed by atoms with E-state index in [1.807, 2.05) is 26.8 Å². The summed E-state index contributed by atoms with van der Waals surface area (Å²) < 4.78 is 5.37. The van der Waals surface area contributed by atoms with E-state index in [9.17, 15) is 15.0 Å². The van der Waals surface area contributed by atoms with E-state index in [4.69, 9.17) is 9.99 Å². The summed E-state index contributed by atoms with van der Waals surface area (Å²) in [6.07, 6.45) is 6.16. The van der Waals surface area contributed by atoms with Crippen molar-refractivity contribution in [3.05, 3.63) is 83.0 Å². The number of hydrogen-bond acceptors (Lipinski definition) is 6. The van der Waals surface area contributed by atoms with E-state index < -0.39 is 6.10 Å². The third-order valence-corrected chi connectivity index (χ3v) is 5.18. The Morgan fingerprint density at radius 3 is 2.29 bits per heavy atom. The Morgan fingerprint density at radius 2 is 1.74 bits per heavy atom. The molecule has 3 N–H and O–H groups in total. The van der Waals surface area contributed by atoms with E-state index >= 15 is 0 Å². The number of ether oxygens (including phenoxy) is 1. The molecule has 0 aromatic heterocycles. The molecule has 0 heterocycles. The Morgan fingerprint density at radius 1 is 1.09 bits per heavy atom. The zero-order valence-corrected chi connectivity index (χ0v) is 20.7. The lowest BCUT2D eigenvalue weighted by atomic mass is 9.98. The highest BCUT2D eigenvalue weighted by molar-refractivity contribution is 6.09. The SMILES string of the molecule is C=C(C)C(CC/C(C)=C/Cc1c(OC)ccc(C(=O)/C=C/c2ccc(O)cc2)c1O)OO.CC. The van der Waals surface area contributed by atoms with Gasteiger partial charge in [-0.1, -0.05) is 50.3 Å². The van der Waals surface area contributed by atoms with Crippen molar-refractivity contribution in [2.24, 2.45) is 0 Å². The summed E-state index contributed by atoms with van der Waals surface area (Å²) in [7, 11) is 1.51. The number of phenols is 2. The summed E-state index contributed by atoms with van der Waals surface area (Å²) >= 11 is 0. The van der Waals surface area contributed by atoms with Gasteiger partial charge in [0.2, 0.25) is 0 Å². The molecule has 0 bridgehead atoms. The van der Waals surface area contributed by atoms with Crippen LogP contribution >= 0.6 is 0 Å². The molecule has 0 saturated carbocycles. The molecule has 2 aromatic rings. The van der Waals surface area contributed by atoms with E-state index in [-0.39, 0.29) is 22.8 Å². The van der Waals surface area contributed by atoms with Crippen molar-refractivity contribution in [3.63, 3.8) is 0 Å². The maximum Gasteiger partial charge on any atom is 0.189 e. The van der Waals surface area contributed by atoms with Gasteiger partial charge in [-0.25, -0.2) is 4.89 Å². The van der Waals surface area contributed by atoms with Gasteiger partial charge in [0.25, 0.3) is 0 Å². The van der Waals surface area contributed by atoms with Crippen LogP contribution in [0.15, 0.2) is 66.3 Å². The van der Waals surface area contributed by atoms with E-state index in [0.717, 1.165) is 16.7 Å². The largest absolute Gasteiger partial charge is 0.508 e. The minimum Gasteiger partial charge on any atom is -0.508 e. The second kappa shape index (κ2) is 14.7. The van der Waals surface area contributed by atoms with Crippen LogP contribution < -0.4 is 4.74 Å². The number of phenolic OH excluding ortho intramolecular Hbond substituents is 2. The predicted octanol–water partition coefficient (Wildman–Crippen LogP) is 6.73. The molecule has 0 aliphatic rings. The van der Waals surface area contributed by atoms with Crippen molar-refractivity contribution >= 4 is 11.9 Å². The first-order valence-electron chi connectivity index (χ1n) is 11.3. The summed E-state index contributed by atoms with van der Waals surface area (Å²) in [6, 6.07) is 9.64. The van der Waals surface area contributed by atoms with Crippen LogP contribution in [0.4, 0.5) is 0 Å². The van der Waals surface area contributed by atoms with Crippen LogP contribution in [0.2, 0.25) is 0 Å². The smallest absolute Gasteiger partial charge is 0.189 e. The van der Waals surface area contributed by atoms with Crippen LogP contribution in [0, 0.1) is 0 Å². The van der Waals surface area contributed by atoms with Crippen LogP contribution in [-0.4, -0.2) is 34.5 Å². The van der Waals surface area contributed by atoms with Gasteiger partial charge >= 0.3 is 0 Å². The molecule has 2 aromatic carbocycles. The third kappa shape index (κ3) is 8.54. The highest BCUT2D eigenvalue weighted by Crippen LogP contribution is 2.33. The quantitative estimate of drug-likeness (QED) is 0.111. The van der Waals surface area contributed by atoms with E-state index in [1.165, 1.54) is 31.4 Å². The van der Waals surface area contributed by atoms with Crippen LogP contribution in [-0.2, 0) is 11.3 Å². The van der Waals surface area contributed by atoms with Crippen molar-refractivity contribution in [1.82, 2.24) is 0 Å². The molecule has 184 valence electrons. The Kier molecular flexibility index (Phi) is 12.4. The molecule has 34 heavy (non-hydrogen) atoms.